The molecule has 1 aliphatic rings. The minimum Gasteiger partial charge on any atom is -0.378 e. The van der Waals surface area contributed by atoms with Crippen LogP contribution in [0, 0.1) is 0 Å². The Hall–Kier alpha value is -3.72. The molecule has 0 amide bonds. The van der Waals surface area contributed by atoms with Crippen molar-refractivity contribution < 1.29 is 0 Å². The van der Waals surface area contributed by atoms with E-state index in [1.54, 1.807) is 0 Å². The Balaban J connectivity index is 1.33. The molecule has 3 nitrogen and oxygen atoms in total. The average molecular weight is 373 g/mol. The number of pyridine rings is 2. The van der Waals surface area contributed by atoms with E-state index in [9.17, 15) is 0 Å². The standard InChI is InChI=1S/C26H19N3/c1-2-4-24-19(3-1)13-23(16-28-24)17-7-8-25-22(12-17)14-26(29-25)20-5-6-21-15-27-10-9-18(21)11-20/h1-13,15-16,26,29H,14H2. The Morgan fingerprint density at radius 3 is 2.72 bits per heavy atom. The first-order valence-corrected chi connectivity index (χ1v) is 9.92. The van der Waals surface area contributed by atoms with Crippen LogP contribution in [0.5, 0.6) is 0 Å². The topological polar surface area (TPSA) is 37.8 Å². The highest BCUT2D eigenvalue weighted by atomic mass is 14.9. The largest absolute Gasteiger partial charge is 0.378 e. The Morgan fingerprint density at radius 2 is 1.72 bits per heavy atom. The summed E-state index contributed by atoms with van der Waals surface area (Å²) in [7, 11) is 0. The number of nitrogens with zero attached hydrogens (tertiary/aromatic N) is 2. The minimum atomic E-state index is 0.299. The highest BCUT2D eigenvalue weighted by molar-refractivity contribution is 5.84. The molecule has 6 rings (SSSR count). The number of anilines is 1. The maximum Gasteiger partial charge on any atom is 0.0702 e. The van der Waals surface area contributed by atoms with Crippen molar-refractivity contribution in [3.05, 3.63) is 103 Å². The van der Waals surface area contributed by atoms with Crippen LogP contribution in [0.2, 0.25) is 0 Å². The molecule has 3 aromatic carbocycles. The lowest BCUT2D eigenvalue weighted by molar-refractivity contribution is 0.826. The van der Waals surface area contributed by atoms with Crippen LogP contribution in [0.15, 0.2) is 91.4 Å². The number of fused-ring (bicyclic) bond motifs is 3. The second kappa shape index (κ2) is 6.42. The first-order chi connectivity index (χ1) is 14.3. The summed E-state index contributed by atoms with van der Waals surface area (Å²) >= 11 is 0. The number of hydrogen-bond donors (Lipinski definition) is 1. The molecule has 138 valence electrons. The summed E-state index contributed by atoms with van der Waals surface area (Å²) < 4.78 is 0. The van der Waals surface area contributed by atoms with Gasteiger partial charge in [0.2, 0.25) is 0 Å². The van der Waals surface area contributed by atoms with Crippen LogP contribution in [-0.4, -0.2) is 9.97 Å². The van der Waals surface area contributed by atoms with Gasteiger partial charge in [0.05, 0.1) is 11.6 Å². The minimum absolute atomic E-state index is 0.299. The molecule has 1 atom stereocenters. The predicted molar refractivity (Wildman–Crippen MR) is 119 cm³/mol. The van der Waals surface area contributed by atoms with E-state index in [2.05, 4.69) is 82.0 Å². The zero-order valence-electron chi connectivity index (χ0n) is 15.8. The van der Waals surface area contributed by atoms with Gasteiger partial charge >= 0.3 is 0 Å². The summed E-state index contributed by atoms with van der Waals surface area (Å²) in [5.41, 5.74) is 7.31. The van der Waals surface area contributed by atoms with Gasteiger partial charge in [0.1, 0.15) is 0 Å². The summed E-state index contributed by atoms with van der Waals surface area (Å²) in [5, 5.41) is 7.28. The molecule has 1 unspecified atom stereocenters. The molecule has 0 saturated heterocycles. The number of rotatable bonds is 2. The third-order valence-electron chi connectivity index (χ3n) is 5.85. The zero-order valence-corrected chi connectivity index (χ0v) is 15.8. The monoisotopic (exact) mass is 373 g/mol. The summed E-state index contributed by atoms with van der Waals surface area (Å²) in [6, 6.07) is 26.2. The van der Waals surface area contributed by atoms with Crippen LogP contribution in [0.25, 0.3) is 32.8 Å². The van der Waals surface area contributed by atoms with E-state index in [1.165, 1.54) is 38.5 Å². The van der Waals surface area contributed by atoms with Gasteiger partial charge in [-0.15, -0.1) is 0 Å². The molecule has 0 saturated carbocycles. The van der Waals surface area contributed by atoms with Crippen LogP contribution in [-0.2, 0) is 6.42 Å². The van der Waals surface area contributed by atoms with E-state index in [4.69, 9.17) is 0 Å². The number of benzene rings is 3. The lowest BCUT2D eigenvalue weighted by Crippen LogP contribution is -2.05. The van der Waals surface area contributed by atoms with Crippen LogP contribution >= 0.6 is 0 Å². The zero-order chi connectivity index (χ0) is 19.2. The van der Waals surface area contributed by atoms with Gasteiger partial charge in [0, 0.05) is 40.6 Å². The normalized spacial score (nSPS) is 15.4. The summed E-state index contributed by atoms with van der Waals surface area (Å²) in [5.74, 6) is 0. The first kappa shape index (κ1) is 16.3. The van der Waals surface area contributed by atoms with Gasteiger partial charge in [-0.1, -0.05) is 36.4 Å². The second-order valence-electron chi connectivity index (χ2n) is 7.67. The van der Waals surface area contributed by atoms with E-state index in [0.717, 1.165) is 17.5 Å². The van der Waals surface area contributed by atoms with Crippen molar-refractivity contribution in [2.75, 3.05) is 5.32 Å². The molecule has 1 aliphatic heterocycles. The van der Waals surface area contributed by atoms with E-state index in [1.807, 2.05) is 24.7 Å². The molecule has 0 spiro atoms. The van der Waals surface area contributed by atoms with Crippen LogP contribution < -0.4 is 5.32 Å². The van der Waals surface area contributed by atoms with Crippen molar-refractivity contribution in [2.45, 2.75) is 12.5 Å². The maximum atomic E-state index is 4.62. The lowest BCUT2D eigenvalue weighted by Gasteiger charge is -2.12. The second-order valence-corrected chi connectivity index (χ2v) is 7.67. The Labute approximate surface area is 169 Å². The van der Waals surface area contributed by atoms with E-state index >= 15 is 0 Å². The van der Waals surface area contributed by atoms with Gasteiger partial charge in [0.15, 0.2) is 0 Å². The van der Waals surface area contributed by atoms with Gasteiger partial charge in [0.25, 0.3) is 0 Å². The Bertz CT molecular complexity index is 1370. The van der Waals surface area contributed by atoms with Crippen molar-refractivity contribution in [1.29, 1.82) is 0 Å². The van der Waals surface area contributed by atoms with E-state index < -0.39 is 0 Å². The van der Waals surface area contributed by atoms with E-state index in [0.29, 0.717) is 6.04 Å². The van der Waals surface area contributed by atoms with Gasteiger partial charge in [-0.3, -0.25) is 9.97 Å². The van der Waals surface area contributed by atoms with Crippen LogP contribution in [0.1, 0.15) is 17.2 Å². The third-order valence-corrected chi connectivity index (χ3v) is 5.85. The quantitative estimate of drug-likeness (QED) is 0.403. The van der Waals surface area contributed by atoms with Crippen molar-refractivity contribution in [3.63, 3.8) is 0 Å². The fraction of sp³-hybridized carbons (Fsp3) is 0.0769. The molecule has 0 aliphatic carbocycles. The molecule has 0 fully saturated rings. The molecule has 2 aromatic heterocycles. The smallest absolute Gasteiger partial charge is 0.0702 e. The molecular weight excluding hydrogens is 354 g/mol. The molecule has 3 heteroatoms. The number of aromatic nitrogens is 2. The highest BCUT2D eigenvalue weighted by Crippen LogP contribution is 2.37. The molecule has 29 heavy (non-hydrogen) atoms. The van der Waals surface area contributed by atoms with Crippen molar-refractivity contribution in [2.24, 2.45) is 0 Å². The summed E-state index contributed by atoms with van der Waals surface area (Å²) in [6.45, 7) is 0. The maximum absolute atomic E-state index is 4.62. The van der Waals surface area contributed by atoms with Crippen molar-refractivity contribution in [1.82, 2.24) is 9.97 Å². The van der Waals surface area contributed by atoms with Gasteiger partial charge in [-0.05, 0) is 64.9 Å². The lowest BCUT2D eigenvalue weighted by atomic mass is 9.98. The van der Waals surface area contributed by atoms with E-state index in [-0.39, 0.29) is 0 Å². The predicted octanol–water partition coefficient (Wildman–Crippen LogP) is 6.16. The molecule has 0 radical (unpaired) electrons. The highest BCUT2D eigenvalue weighted by Gasteiger charge is 2.22. The van der Waals surface area contributed by atoms with Gasteiger partial charge in [-0.25, -0.2) is 0 Å². The molecule has 0 bridgehead atoms. The Morgan fingerprint density at radius 1 is 0.759 bits per heavy atom. The fourth-order valence-corrected chi connectivity index (χ4v) is 4.29. The Kier molecular flexibility index (Phi) is 3.60. The SMILES string of the molecule is c1ccc2ncc(-c3ccc4c(c3)CC(c3ccc5cnccc5c3)N4)cc2c1. The number of hydrogen-bond acceptors (Lipinski definition) is 3. The van der Waals surface area contributed by atoms with Crippen molar-refractivity contribution in [3.8, 4) is 11.1 Å². The number of nitrogens with one attached hydrogen (secondary N) is 1. The third kappa shape index (κ3) is 2.83. The fourth-order valence-electron chi connectivity index (χ4n) is 4.29. The van der Waals surface area contributed by atoms with Gasteiger partial charge in [-0.2, -0.15) is 0 Å². The van der Waals surface area contributed by atoms with Crippen molar-refractivity contribution >= 4 is 27.4 Å². The van der Waals surface area contributed by atoms with Crippen LogP contribution in [0.4, 0.5) is 5.69 Å². The molecule has 1 N–H and O–H groups in total. The molecule has 3 heterocycles. The molecular formula is C26H19N3. The molecule has 5 aromatic rings. The first-order valence-electron chi connectivity index (χ1n) is 9.92. The summed E-state index contributed by atoms with van der Waals surface area (Å²) in [6.07, 6.45) is 6.73. The average Bonchev–Trinajstić information content (AvgIpc) is 3.22. The van der Waals surface area contributed by atoms with Crippen LogP contribution in [0.3, 0.4) is 0 Å². The van der Waals surface area contributed by atoms with Gasteiger partial charge < -0.3 is 5.32 Å². The number of para-hydroxylation sites is 1. The summed E-state index contributed by atoms with van der Waals surface area (Å²) in [4.78, 5) is 8.83.